The molecule has 0 aliphatic rings. The van der Waals surface area contributed by atoms with E-state index in [1.165, 1.54) is 12.8 Å². The first-order valence-corrected chi connectivity index (χ1v) is 13.0. The van der Waals surface area contributed by atoms with E-state index in [0.717, 1.165) is 38.5 Å². The Hall–Kier alpha value is -2.24. The number of rotatable bonds is 18. The first-order chi connectivity index (χ1) is 16.2. The van der Waals surface area contributed by atoms with Gasteiger partial charge in [0.05, 0.1) is 13.2 Å². The van der Waals surface area contributed by atoms with Crippen LogP contribution >= 0.6 is 0 Å². The number of carbonyl (C=O) groups excluding carboxylic acids is 2. The summed E-state index contributed by atoms with van der Waals surface area (Å²) >= 11 is 0. The third kappa shape index (κ3) is 14.1. The highest BCUT2D eigenvalue weighted by atomic mass is 16.6. The molecule has 1 aromatic carbocycles. The molecule has 0 saturated carbocycles. The predicted octanol–water partition coefficient (Wildman–Crippen LogP) is 6.74. The zero-order valence-electron chi connectivity index (χ0n) is 22.1. The maximum Gasteiger partial charge on any atom is 0.347 e. The average Bonchev–Trinajstić information content (AvgIpc) is 2.77. The lowest BCUT2D eigenvalue weighted by molar-refractivity contribution is -0.151. The molecule has 2 atom stereocenters. The van der Waals surface area contributed by atoms with Gasteiger partial charge in [-0.3, -0.25) is 0 Å². The Kier molecular flexibility index (Phi) is 15.1. The van der Waals surface area contributed by atoms with Crippen molar-refractivity contribution >= 4 is 11.9 Å². The highest BCUT2D eigenvalue weighted by molar-refractivity contribution is 5.75. The molecule has 0 saturated heterocycles. The van der Waals surface area contributed by atoms with Gasteiger partial charge in [0.2, 0.25) is 0 Å². The molecule has 0 aromatic heterocycles. The van der Waals surface area contributed by atoms with E-state index in [0.29, 0.717) is 36.5 Å². The van der Waals surface area contributed by atoms with E-state index in [-0.39, 0.29) is 11.9 Å². The molecule has 34 heavy (non-hydrogen) atoms. The van der Waals surface area contributed by atoms with Crippen molar-refractivity contribution in [3.05, 3.63) is 24.3 Å². The van der Waals surface area contributed by atoms with Crippen LogP contribution in [0.2, 0.25) is 0 Å². The molecule has 194 valence electrons. The Balaban J connectivity index is 2.34. The van der Waals surface area contributed by atoms with Crippen LogP contribution in [0.4, 0.5) is 0 Å². The minimum Gasteiger partial charge on any atom is -0.479 e. The molecular weight excluding hydrogens is 432 g/mol. The number of unbranched alkanes of at least 4 members (excludes halogenated alkanes) is 4. The van der Waals surface area contributed by atoms with E-state index in [2.05, 4.69) is 27.7 Å². The van der Waals surface area contributed by atoms with Crippen LogP contribution in [0.25, 0.3) is 0 Å². The fraction of sp³-hybridized carbons (Fsp3) is 0.714. The fourth-order valence-electron chi connectivity index (χ4n) is 3.37. The van der Waals surface area contributed by atoms with Gasteiger partial charge in [-0.25, -0.2) is 9.59 Å². The number of carbonyl (C=O) groups is 2. The Morgan fingerprint density at radius 3 is 1.44 bits per heavy atom. The third-order valence-corrected chi connectivity index (χ3v) is 5.44. The van der Waals surface area contributed by atoms with Crippen molar-refractivity contribution in [2.75, 3.05) is 13.2 Å². The van der Waals surface area contributed by atoms with Crippen molar-refractivity contribution in [3.8, 4) is 11.5 Å². The summed E-state index contributed by atoms with van der Waals surface area (Å²) in [4.78, 5) is 24.4. The van der Waals surface area contributed by atoms with Gasteiger partial charge in [-0.1, -0.05) is 72.3 Å². The van der Waals surface area contributed by atoms with Crippen LogP contribution < -0.4 is 9.47 Å². The molecular formula is C28H46O6. The van der Waals surface area contributed by atoms with E-state index < -0.39 is 12.2 Å². The van der Waals surface area contributed by atoms with Gasteiger partial charge < -0.3 is 18.9 Å². The fourth-order valence-corrected chi connectivity index (χ4v) is 3.37. The summed E-state index contributed by atoms with van der Waals surface area (Å²) in [5.41, 5.74) is 0. The molecule has 1 aromatic rings. The Bertz CT molecular complexity index is 645. The lowest BCUT2D eigenvalue weighted by atomic mass is 10.1. The number of hydrogen-bond donors (Lipinski definition) is 0. The van der Waals surface area contributed by atoms with Gasteiger partial charge in [0.1, 0.15) is 11.5 Å². The summed E-state index contributed by atoms with van der Waals surface area (Å²) in [6.45, 7) is 13.0. The lowest BCUT2D eigenvalue weighted by Crippen LogP contribution is -2.27. The topological polar surface area (TPSA) is 71.1 Å². The summed E-state index contributed by atoms with van der Waals surface area (Å²) in [6, 6.07) is 6.89. The lowest BCUT2D eigenvalue weighted by Gasteiger charge is -2.17. The second kappa shape index (κ2) is 17.2. The minimum atomic E-state index is -0.732. The molecule has 0 heterocycles. The average molecular weight is 479 g/mol. The van der Waals surface area contributed by atoms with Crippen molar-refractivity contribution in [2.45, 2.75) is 105 Å². The summed E-state index contributed by atoms with van der Waals surface area (Å²) in [5.74, 6) is 1.58. The number of hydrogen-bond acceptors (Lipinski definition) is 6. The zero-order valence-corrected chi connectivity index (χ0v) is 22.1. The summed E-state index contributed by atoms with van der Waals surface area (Å²) in [7, 11) is 0. The molecule has 1 rings (SSSR count). The van der Waals surface area contributed by atoms with Gasteiger partial charge >= 0.3 is 11.9 Å². The van der Waals surface area contributed by atoms with Crippen LogP contribution in [0, 0.1) is 11.8 Å². The van der Waals surface area contributed by atoms with Gasteiger partial charge in [-0.05, 0) is 50.7 Å². The molecule has 0 amide bonds. The van der Waals surface area contributed by atoms with Crippen molar-refractivity contribution in [2.24, 2.45) is 11.8 Å². The van der Waals surface area contributed by atoms with Gasteiger partial charge in [0.15, 0.2) is 12.2 Å². The van der Waals surface area contributed by atoms with Crippen LogP contribution in [0.1, 0.15) is 92.9 Å². The Morgan fingerprint density at radius 2 is 1.06 bits per heavy atom. The maximum absolute atomic E-state index is 12.2. The van der Waals surface area contributed by atoms with Gasteiger partial charge in [-0.15, -0.1) is 0 Å². The molecule has 0 radical (unpaired) electrons. The zero-order chi connectivity index (χ0) is 25.3. The molecule has 0 aliphatic heterocycles. The highest BCUT2D eigenvalue weighted by Crippen LogP contribution is 2.22. The molecule has 6 nitrogen and oxygen atoms in total. The van der Waals surface area contributed by atoms with Crippen LogP contribution in [0.5, 0.6) is 11.5 Å². The standard InChI is InChI=1S/C28H46O6/c1-21(2)14-9-7-11-18-31-27(29)23(5)33-25-16-13-17-26(20-25)34-24(6)28(30)32-19-12-8-10-15-22(3)4/h13,16-17,20-24H,7-12,14-15,18-19H2,1-6H3. The van der Waals surface area contributed by atoms with Gasteiger partial charge in [-0.2, -0.15) is 0 Å². The van der Waals surface area contributed by atoms with E-state index >= 15 is 0 Å². The van der Waals surface area contributed by atoms with Crippen LogP contribution in [0.15, 0.2) is 24.3 Å². The number of ether oxygens (including phenoxy) is 4. The van der Waals surface area contributed by atoms with E-state index in [1.54, 1.807) is 38.1 Å². The maximum atomic E-state index is 12.2. The van der Waals surface area contributed by atoms with Crippen LogP contribution in [-0.2, 0) is 19.1 Å². The second-order valence-corrected chi connectivity index (χ2v) is 9.82. The smallest absolute Gasteiger partial charge is 0.347 e. The SMILES string of the molecule is CC(C)CCCCCOC(=O)C(C)Oc1cccc(OC(C)C(=O)OCCCCCC(C)C)c1. The molecule has 0 fully saturated rings. The van der Waals surface area contributed by atoms with Crippen molar-refractivity contribution < 1.29 is 28.5 Å². The molecule has 2 unspecified atom stereocenters. The minimum absolute atomic E-state index is 0.388. The third-order valence-electron chi connectivity index (χ3n) is 5.44. The molecule has 0 aliphatic carbocycles. The molecule has 0 N–H and O–H groups in total. The first kappa shape index (κ1) is 29.8. The normalized spacial score (nSPS) is 12.9. The second-order valence-electron chi connectivity index (χ2n) is 9.82. The monoisotopic (exact) mass is 478 g/mol. The Labute approximate surface area is 206 Å². The highest BCUT2D eigenvalue weighted by Gasteiger charge is 2.19. The summed E-state index contributed by atoms with van der Waals surface area (Å²) in [6.07, 6.45) is 7.06. The van der Waals surface area contributed by atoms with Crippen molar-refractivity contribution in [1.29, 1.82) is 0 Å². The molecule has 0 bridgehead atoms. The largest absolute Gasteiger partial charge is 0.479 e. The van der Waals surface area contributed by atoms with Crippen molar-refractivity contribution in [3.63, 3.8) is 0 Å². The van der Waals surface area contributed by atoms with Crippen LogP contribution in [0.3, 0.4) is 0 Å². The molecule has 6 heteroatoms. The predicted molar refractivity (Wildman–Crippen MR) is 135 cm³/mol. The quantitative estimate of drug-likeness (QED) is 0.172. The van der Waals surface area contributed by atoms with Gasteiger partial charge in [0, 0.05) is 6.07 Å². The summed E-state index contributed by atoms with van der Waals surface area (Å²) in [5, 5.41) is 0. The van der Waals surface area contributed by atoms with Crippen molar-refractivity contribution in [1.82, 2.24) is 0 Å². The van der Waals surface area contributed by atoms with Crippen LogP contribution in [-0.4, -0.2) is 37.4 Å². The first-order valence-electron chi connectivity index (χ1n) is 13.0. The van der Waals surface area contributed by atoms with E-state index in [9.17, 15) is 9.59 Å². The number of esters is 2. The van der Waals surface area contributed by atoms with E-state index in [4.69, 9.17) is 18.9 Å². The van der Waals surface area contributed by atoms with E-state index in [1.807, 2.05) is 0 Å². The molecule has 0 spiro atoms. The Morgan fingerprint density at radius 1 is 0.647 bits per heavy atom. The number of benzene rings is 1. The van der Waals surface area contributed by atoms with Gasteiger partial charge in [0.25, 0.3) is 0 Å². The summed E-state index contributed by atoms with van der Waals surface area (Å²) < 4.78 is 22.1.